The van der Waals surface area contributed by atoms with E-state index in [2.05, 4.69) is 177 Å². The SMILES string of the molecule is CC/C=C\C/C=C\C/C=C\C/C=C\C/C=C\C/C=C\C/C=C\C/C=C\C/C=C\C/C=C\C/C=C\CCCCCCCC(=O)NC(COC1OC(CO)C(OC2OC(CO)C(OC3OC(CO)C(O)C(O)C3O)C(O)C2O)C(O)C1O)C(O)/C=C/CC/C=C/CC/C=C/CCCC. The van der Waals surface area contributed by atoms with Crippen LogP contribution in [0.3, 0.4) is 0 Å². The van der Waals surface area contributed by atoms with Gasteiger partial charge in [0.1, 0.15) is 73.2 Å². The fraction of sp³-hybridized carbons (Fsp3) is 0.623. The summed E-state index contributed by atoms with van der Waals surface area (Å²) in [5.74, 6) is -0.319. The molecule has 3 heterocycles. The predicted molar refractivity (Wildman–Crippen MR) is 378 cm³/mol. The molecule has 0 aromatic heterocycles. The number of carbonyl (C=O) groups excluding carboxylic acids is 1. The smallest absolute Gasteiger partial charge is 0.220 e. The molecule has 12 N–H and O–H groups in total. The lowest BCUT2D eigenvalue weighted by atomic mass is 9.96. The second kappa shape index (κ2) is 56.0. The minimum atomic E-state index is -1.99. The summed E-state index contributed by atoms with van der Waals surface area (Å²) in [6.45, 7) is 1.47. The normalized spacial score (nSPS) is 28.1. The Labute approximate surface area is 573 Å². The molecule has 0 aromatic rings. The molecule has 0 saturated carbocycles. The summed E-state index contributed by atoms with van der Waals surface area (Å²) >= 11 is 0. The van der Waals surface area contributed by atoms with E-state index in [0.717, 1.165) is 128 Å². The molecule has 0 spiro atoms. The topological polar surface area (TPSA) is 307 Å². The van der Waals surface area contributed by atoms with Crippen molar-refractivity contribution < 1.29 is 89.4 Å². The van der Waals surface area contributed by atoms with E-state index < -0.39 is 131 Å². The van der Waals surface area contributed by atoms with Crippen molar-refractivity contribution in [2.75, 3.05) is 26.4 Å². The number of nitrogens with one attached hydrogen (secondary N) is 1. The van der Waals surface area contributed by atoms with Gasteiger partial charge in [0, 0.05) is 6.42 Å². The van der Waals surface area contributed by atoms with Crippen LogP contribution >= 0.6 is 0 Å². The van der Waals surface area contributed by atoms with Gasteiger partial charge in [0.25, 0.3) is 0 Å². The average molecular weight is 1350 g/mol. The number of unbranched alkanes of at least 4 members (excludes halogenated alkanes) is 9. The van der Waals surface area contributed by atoms with E-state index in [1.54, 1.807) is 6.08 Å². The number of ether oxygens (including phenoxy) is 6. The van der Waals surface area contributed by atoms with E-state index >= 15 is 0 Å². The van der Waals surface area contributed by atoms with Gasteiger partial charge in [-0.3, -0.25) is 4.79 Å². The molecule has 542 valence electrons. The maximum Gasteiger partial charge on any atom is 0.220 e. The number of carbonyl (C=O) groups is 1. The lowest BCUT2D eigenvalue weighted by Gasteiger charge is -2.48. The number of hydrogen-bond donors (Lipinski definition) is 12. The Hall–Kier alpha value is -4.85. The molecule has 17 unspecified atom stereocenters. The summed E-state index contributed by atoms with van der Waals surface area (Å²) in [5.41, 5.74) is 0. The summed E-state index contributed by atoms with van der Waals surface area (Å²) < 4.78 is 34.2. The number of allylic oxidation sites excluding steroid dienone is 27. The van der Waals surface area contributed by atoms with Crippen molar-refractivity contribution in [1.29, 1.82) is 0 Å². The maximum atomic E-state index is 13.4. The molecule has 3 aliphatic heterocycles. The highest BCUT2D eigenvalue weighted by atomic mass is 16.8. The van der Waals surface area contributed by atoms with Gasteiger partial charge < -0.3 is 89.9 Å². The van der Waals surface area contributed by atoms with Crippen LogP contribution in [0, 0.1) is 0 Å². The first-order valence-corrected chi connectivity index (χ1v) is 35.4. The van der Waals surface area contributed by atoms with Crippen molar-refractivity contribution >= 4 is 5.91 Å². The predicted octanol–water partition coefficient (Wildman–Crippen LogP) is 9.88. The third-order valence-electron chi connectivity index (χ3n) is 16.2. The van der Waals surface area contributed by atoms with Gasteiger partial charge in [-0.1, -0.05) is 216 Å². The summed E-state index contributed by atoms with van der Waals surface area (Å²) in [4.78, 5) is 13.4. The monoisotopic (exact) mass is 1350 g/mol. The van der Waals surface area contributed by atoms with Gasteiger partial charge in [0.15, 0.2) is 18.9 Å². The Morgan fingerprint density at radius 1 is 0.385 bits per heavy atom. The van der Waals surface area contributed by atoms with Crippen molar-refractivity contribution in [3.8, 4) is 0 Å². The van der Waals surface area contributed by atoms with Gasteiger partial charge in [-0.15, -0.1) is 0 Å². The minimum absolute atomic E-state index is 0.197. The van der Waals surface area contributed by atoms with Crippen molar-refractivity contribution in [3.05, 3.63) is 170 Å². The van der Waals surface area contributed by atoms with E-state index in [1.807, 2.05) is 6.08 Å². The molecule has 3 rings (SSSR count). The van der Waals surface area contributed by atoms with Crippen LogP contribution in [0.25, 0.3) is 0 Å². The maximum absolute atomic E-state index is 13.4. The summed E-state index contributed by atoms with van der Waals surface area (Å²) in [7, 11) is 0. The lowest BCUT2D eigenvalue weighted by Crippen LogP contribution is -2.66. The van der Waals surface area contributed by atoms with Crippen LogP contribution in [-0.4, -0.2) is 193 Å². The van der Waals surface area contributed by atoms with Gasteiger partial charge >= 0.3 is 0 Å². The minimum Gasteiger partial charge on any atom is -0.394 e. The number of aliphatic hydroxyl groups excluding tert-OH is 11. The van der Waals surface area contributed by atoms with Gasteiger partial charge in [-0.25, -0.2) is 0 Å². The number of amides is 1. The van der Waals surface area contributed by atoms with Crippen LogP contribution in [0.15, 0.2) is 170 Å². The summed E-state index contributed by atoms with van der Waals surface area (Å²) in [6, 6.07) is -1.02. The van der Waals surface area contributed by atoms with E-state index in [-0.39, 0.29) is 12.3 Å². The quantitative estimate of drug-likeness (QED) is 0.0199. The Kier molecular flexibility index (Phi) is 49.8. The first-order chi connectivity index (χ1) is 46.8. The van der Waals surface area contributed by atoms with E-state index in [0.29, 0.717) is 12.8 Å². The molecular formula is C77H121NO18. The van der Waals surface area contributed by atoms with Crippen LogP contribution in [0.4, 0.5) is 0 Å². The molecule has 3 fully saturated rings. The lowest BCUT2D eigenvalue weighted by molar-refractivity contribution is -0.379. The highest BCUT2D eigenvalue weighted by molar-refractivity contribution is 5.76. The van der Waals surface area contributed by atoms with Crippen molar-refractivity contribution in [2.45, 2.75) is 279 Å². The van der Waals surface area contributed by atoms with E-state index in [4.69, 9.17) is 28.4 Å². The molecule has 3 aliphatic rings. The Morgan fingerprint density at radius 2 is 0.729 bits per heavy atom. The first-order valence-electron chi connectivity index (χ1n) is 35.4. The van der Waals surface area contributed by atoms with E-state index in [9.17, 15) is 61.0 Å². The van der Waals surface area contributed by atoms with Crippen molar-refractivity contribution in [3.63, 3.8) is 0 Å². The number of hydrogen-bond acceptors (Lipinski definition) is 18. The fourth-order valence-corrected chi connectivity index (χ4v) is 10.5. The highest BCUT2D eigenvalue weighted by Crippen LogP contribution is 2.33. The van der Waals surface area contributed by atoms with Crippen LogP contribution in [0.1, 0.15) is 174 Å². The van der Waals surface area contributed by atoms with Gasteiger partial charge in [-0.2, -0.15) is 0 Å². The molecule has 3 saturated heterocycles. The second-order valence-corrected chi connectivity index (χ2v) is 24.2. The molecule has 0 aromatic carbocycles. The van der Waals surface area contributed by atoms with Crippen LogP contribution < -0.4 is 5.32 Å². The summed E-state index contributed by atoms with van der Waals surface area (Å²) in [6.07, 6.45) is 56.4. The Morgan fingerprint density at radius 3 is 1.17 bits per heavy atom. The van der Waals surface area contributed by atoms with Gasteiger partial charge in [-0.05, 0) is 122 Å². The van der Waals surface area contributed by atoms with Crippen LogP contribution in [-0.2, 0) is 33.2 Å². The van der Waals surface area contributed by atoms with Gasteiger partial charge in [0.2, 0.25) is 5.91 Å². The molecule has 0 radical (unpaired) electrons. The fourth-order valence-electron chi connectivity index (χ4n) is 10.5. The number of rotatable bonds is 51. The average Bonchev–Trinajstić information content (AvgIpc) is 0.787. The third kappa shape index (κ3) is 36.8. The van der Waals surface area contributed by atoms with Gasteiger partial charge in [0.05, 0.1) is 38.6 Å². The molecular weight excluding hydrogens is 1230 g/mol. The van der Waals surface area contributed by atoms with Crippen LogP contribution in [0.5, 0.6) is 0 Å². The van der Waals surface area contributed by atoms with Crippen molar-refractivity contribution in [2.24, 2.45) is 0 Å². The summed E-state index contributed by atoms with van der Waals surface area (Å²) in [5, 5.41) is 120. The zero-order chi connectivity index (χ0) is 69.6. The Bertz CT molecular complexity index is 2400. The zero-order valence-corrected chi connectivity index (χ0v) is 57.3. The molecule has 19 heteroatoms. The molecule has 0 aliphatic carbocycles. The largest absolute Gasteiger partial charge is 0.394 e. The zero-order valence-electron chi connectivity index (χ0n) is 57.3. The highest BCUT2D eigenvalue weighted by Gasteiger charge is 2.53. The first kappa shape index (κ1) is 85.4. The molecule has 1 amide bonds. The molecule has 96 heavy (non-hydrogen) atoms. The molecule has 0 bridgehead atoms. The second-order valence-electron chi connectivity index (χ2n) is 24.2. The standard InChI is InChI=1S/C77H121NO18/c1-3-5-7-9-11-13-15-17-18-19-20-21-22-23-24-25-26-27-28-29-30-31-32-33-34-35-36-37-38-39-40-41-42-43-45-47-49-51-53-55-65(83)78-60(61(82)54-52-50-48-46-44-16-14-12-10-8-6-4-2)59-91-75-71(89)68(86)73(63(57-80)93-75)96-77-72(90)69(87)74(64(58-81)94-77)95-76-70(88)67(85)66(84)62(56-79)92-76/h5,7,10-13,17-18,20-21,23-24,26-27,29-30,32-33,35-36,38-39,41-42,44,46,52,54,60-64,66-77,79-82,84-90H,3-4,6,8-9,14-16,19,22,25,28,31,34,37,40,43,45,47-51,53,55-59H2,1-2H3,(H,78,83)/b7-5-,12-10+,13-11-,18-17-,21-20-,24-23-,27-26-,30-29-,33-32-,36-35-,39-38-,42-41-,46-44+,54-52+. The number of aliphatic hydroxyl groups is 11. The van der Waals surface area contributed by atoms with Crippen LogP contribution in [0.2, 0.25) is 0 Å². The third-order valence-corrected chi connectivity index (χ3v) is 16.2. The molecule has 19 nitrogen and oxygen atoms in total. The molecule has 17 atom stereocenters. The van der Waals surface area contributed by atoms with E-state index in [1.165, 1.54) is 12.8 Å². The Balaban J connectivity index is 1.36. The van der Waals surface area contributed by atoms with Crippen molar-refractivity contribution in [1.82, 2.24) is 5.32 Å².